The summed E-state index contributed by atoms with van der Waals surface area (Å²) < 4.78 is 6.55. The smallest absolute Gasteiger partial charge is 0.345 e. The number of aromatic nitrogens is 3. The summed E-state index contributed by atoms with van der Waals surface area (Å²) >= 11 is 0. The lowest BCUT2D eigenvalue weighted by Crippen LogP contribution is -2.17. The number of hydrogen-bond acceptors (Lipinski definition) is 7. The number of rotatable bonds is 4. The van der Waals surface area contributed by atoms with Crippen LogP contribution >= 0.6 is 0 Å². The van der Waals surface area contributed by atoms with Crippen molar-refractivity contribution in [3.05, 3.63) is 111 Å². The molecule has 0 aliphatic heterocycles. The number of fused-ring (bicyclic) bond motifs is 1. The fourth-order valence-electron chi connectivity index (χ4n) is 3.50. The van der Waals surface area contributed by atoms with Gasteiger partial charge in [0.05, 0.1) is 21.9 Å². The second kappa shape index (κ2) is 7.97. The van der Waals surface area contributed by atoms with E-state index in [1.807, 2.05) is 0 Å². The lowest BCUT2D eigenvalue weighted by atomic mass is 10.1. The Balaban J connectivity index is 1.74. The molecule has 2 aromatic carbocycles. The number of carbonyl (C=O) groups is 1. The van der Waals surface area contributed by atoms with E-state index >= 15 is 0 Å². The third-order valence-electron chi connectivity index (χ3n) is 5.10. The molecule has 9 heteroatoms. The Kier molecular flexibility index (Phi) is 4.83. The van der Waals surface area contributed by atoms with E-state index in [1.165, 1.54) is 42.7 Å². The van der Waals surface area contributed by atoms with Gasteiger partial charge in [-0.3, -0.25) is 19.9 Å². The van der Waals surface area contributed by atoms with Crippen LogP contribution in [0.5, 0.6) is 0 Å². The van der Waals surface area contributed by atoms with Crippen molar-refractivity contribution < 1.29 is 14.1 Å². The topological polar surface area (TPSA) is 121 Å². The van der Waals surface area contributed by atoms with Crippen LogP contribution in [-0.4, -0.2) is 25.6 Å². The van der Waals surface area contributed by atoms with Crippen molar-refractivity contribution in [2.75, 3.05) is 0 Å². The van der Waals surface area contributed by atoms with Crippen molar-refractivity contribution in [3.63, 3.8) is 0 Å². The van der Waals surface area contributed by atoms with Gasteiger partial charge < -0.3 is 4.42 Å². The number of benzene rings is 2. The number of nitrogens with zero attached hydrogens (tertiary/aromatic N) is 4. The molecule has 5 rings (SSSR count). The van der Waals surface area contributed by atoms with Gasteiger partial charge in [-0.2, -0.15) is 9.78 Å². The van der Waals surface area contributed by atoms with E-state index in [4.69, 9.17) is 4.42 Å². The number of carbonyl (C=O) groups excluding carboxylic acids is 1. The van der Waals surface area contributed by atoms with Gasteiger partial charge in [-0.1, -0.05) is 30.3 Å². The van der Waals surface area contributed by atoms with Gasteiger partial charge in [-0.05, 0) is 30.3 Å². The third kappa shape index (κ3) is 3.68. The number of hydrogen-bond donors (Lipinski definition) is 0. The number of pyridine rings is 1. The largest absolute Gasteiger partial charge is 0.422 e. The summed E-state index contributed by atoms with van der Waals surface area (Å²) in [6.07, 6.45) is 2.95. The SMILES string of the molecule is O=C(c1ccncc1)n1nc(-c2cccc([N+](=O)[O-])c2)cc1-c1cc2ccccc2oc1=O. The van der Waals surface area contributed by atoms with Gasteiger partial charge >= 0.3 is 5.63 Å². The molecule has 0 amide bonds. The number of non-ortho nitro benzene ring substituents is 1. The maximum atomic E-state index is 13.3. The molecule has 0 fully saturated rings. The van der Waals surface area contributed by atoms with Crippen molar-refractivity contribution in [2.45, 2.75) is 0 Å². The van der Waals surface area contributed by atoms with Crippen molar-refractivity contribution in [1.82, 2.24) is 14.8 Å². The number of nitro benzene ring substituents is 1. The molecule has 0 bridgehead atoms. The molecule has 0 atom stereocenters. The molecule has 3 heterocycles. The summed E-state index contributed by atoms with van der Waals surface area (Å²) in [6, 6.07) is 19.1. The highest BCUT2D eigenvalue weighted by molar-refractivity contribution is 5.98. The fourth-order valence-corrected chi connectivity index (χ4v) is 3.50. The van der Waals surface area contributed by atoms with Gasteiger partial charge in [-0.25, -0.2) is 4.79 Å². The van der Waals surface area contributed by atoms with E-state index in [2.05, 4.69) is 10.1 Å². The van der Waals surface area contributed by atoms with E-state index in [-0.39, 0.29) is 16.9 Å². The summed E-state index contributed by atoms with van der Waals surface area (Å²) in [6.45, 7) is 0. The summed E-state index contributed by atoms with van der Waals surface area (Å²) in [4.78, 5) is 40.7. The summed E-state index contributed by atoms with van der Waals surface area (Å²) in [5.41, 5.74) is 1.04. The number of nitro groups is 1. The fraction of sp³-hybridized carbons (Fsp3) is 0. The minimum Gasteiger partial charge on any atom is -0.422 e. The van der Waals surface area contributed by atoms with Gasteiger partial charge in [-0.15, -0.1) is 0 Å². The summed E-state index contributed by atoms with van der Waals surface area (Å²) in [7, 11) is 0. The second-order valence-corrected chi connectivity index (χ2v) is 7.16. The van der Waals surface area contributed by atoms with Crippen LogP contribution in [0.25, 0.3) is 33.5 Å². The molecule has 0 saturated carbocycles. The molecule has 3 aromatic heterocycles. The molecule has 0 N–H and O–H groups in total. The standard InChI is InChI=1S/C24H14N4O5/c29-23(15-8-10-25-11-9-15)27-21(19-13-17-4-1-2-7-22(17)33-24(19)30)14-20(26-27)16-5-3-6-18(12-16)28(31)32/h1-14H. The molecule has 9 nitrogen and oxygen atoms in total. The predicted octanol–water partition coefficient (Wildman–Crippen LogP) is 4.32. The Morgan fingerprint density at radius 3 is 2.55 bits per heavy atom. The highest BCUT2D eigenvalue weighted by atomic mass is 16.6. The highest BCUT2D eigenvalue weighted by Crippen LogP contribution is 2.29. The van der Waals surface area contributed by atoms with Gasteiger partial charge in [0.2, 0.25) is 0 Å². The Morgan fingerprint density at radius 2 is 1.76 bits per heavy atom. The van der Waals surface area contributed by atoms with E-state index in [1.54, 1.807) is 42.5 Å². The van der Waals surface area contributed by atoms with Gasteiger partial charge in [0, 0.05) is 41.0 Å². The Labute approximate surface area is 185 Å². The molecule has 160 valence electrons. The maximum Gasteiger partial charge on any atom is 0.345 e. The van der Waals surface area contributed by atoms with Crippen LogP contribution < -0.4 is 5.63 Å². The Morgan fingerprint density at radius 1 is 0.970 bits per heavy atom. The number of para-hydroxylation sites is 1. The molecule has 33 heavy (non-hydrogen) atoms. The molecule has 0 unspecified atom stereocenters. The second-order valence-electron chi connectivity index (χ2n) is 7.16. The average Bonchev–Trinajstić information content (AvgIpc) is 3.29. The van der Waals surface area contributed by atoms with Crippen molar-refractivity contribution >= 4 is 22.6 Å². The molecule has 5 aromatic rings. The van der Waals surface area contributed by atoms with Gasteiger partial charge in [0.15, 0.2) is 0 Å². The first-order valence-corrected chi connectivity index (χ1v) is 9.84. The third-order valence-corrected chi connectivity index (χ3v) is 5.10. The molecule has 0 saturated heterocycles. The predicted molar refractivity (Wildman–Crippen MR) is 120 cm³/mol. The zero-order chi connectivity index (χ0) is 22.9. The first-order valence-electron chi connectivity index (χ1n) is 9.84. The van der Waals surface area contributed by atoms with E-state index in [0.29, 0.717) is 27.8 Å². The van der Waals surface area contributed by atoms with Gasteiger partial charge in [0.1, 0.15) is 5.58 Å². The zero-order valence-electron chi connectivity index (χ0n) is 16.9. The molecule has 0 aliphatic carbocycles. The zero-order valence-corrected chi connectivity index (χ0v) is 16.9. The Hall–Kier alpha value is -4.92. The molecule has 0 spiro atoms. The van der Waals surface area contributed by atoms with E-state index in [0.717, 1.165) is 4.68 Å². The minimum atomic E-state index is -0.636. The van der Waals surface area contributed by atoms with E-state index in [9.17, 15) is 19.7 Å². The average molecular weight is 438 g/mol. The van der Waals surface area contributed by atoms with Crippen molar-refractivity contribution in [1.29, 1.82) is 0 Å². The summed E-state index contributed by atoms with van der Waals surface area (Å²) in [5.74, 6) is -0.489. The van der Waals surface area contributed by atoms with Crippen LogP contribution in [0, 0.1) is 10.1 Å². The molecular weight excluding hydrogens is 424 g/mol. The summed E-state index contributed by atoms with van der Waals surface area (Å²) in [5, 5.41) is 16.3. The first kappa shape index (κ1) is 20.0. The van der Waals surface area contributed by atoms with Crippen LogP contribution in [-0.2, 0) is 0 Å². The quantitative estimate of drug-likeness (QED) is 0.233. The van der Waals surface area contributed by atoms with Crippen LogP contribution in [0.3, 0.4) is 0 Å². The minimum absolute atomic E-state index is 0.116. The molecular formula is C24H14N4O5. The van der Waals surface area contributed by atoms with Crippen LogP contribution in [0.15, 0.2) is 94.4 Å². The molecule has 0 radical (unpaired) electrons. The molecule has 0 aliphatic rings. The first-order chi connectivity index (χ1) is 16.0. The van der Waals surface area contributed by atoms with E-state index < -0.39 is 16.5 Å². The highest BCUT2D eigenvalue weighted by Gasteiger charge is 2.22. The van der Waals surface area contributed by atoms with Crippen molar-refractivity contribution in [2.24, 2.45) is 0 Å². The monoisotopic (exact) mass is 438 g/mol. The van der Waals surface area contributed by atoms with Gasteiger partial charge in [0.25, 0.3) is 11.6 Å². The van der Waals surface area contributed by atoms with Crippen LogP contribution in [0.1, 0.15) is 10.4 Å². The maximum absolute atomic E-state index is 13.3. The van der Waals surface area contributed by atoms with Crippen LogP contribution in [0.2, 0.25) is 0 Å². The normalized spacial score (nSPS) is 10.9. The lowest BCUT2D eigenvalue weighted by molar-refractivity contribution is -0.384. The van der Waals surface area contributed by atoms with Crippen LogP contribution in [0.4, 0.5) is 5.69 Å². The Bertz CT molecular complexity index is 1590. The lowest BCUT2D eigenvalue weighted by Gasteiger charge is -2.06. The van der Waals surface area contributed by atoms with Crippen molar-refractivity contribution in [3.8, 4) is 22.5 Å².